The highest BCUT2D eigenvalue weighted by molar-refractivity contribution is 6.00. The number of nitrogens with zero attached hydrogens (tertiary/aromatic N) is 1. The normalized spacial score (nSPS) is 37.8. The van der Waals surface area contributed by atoms with Crippen LogP contribution in [0.2, 0.25) is 0 Å². The van der Waals surface area contributed by atoms with Gasteiger partial charge in [-0.3, -0.25) is 19.4 Å². The van der Waals surface area contributed by atoms with Crippen molar-refractivity contribution in [3.8, 4) is 0 Å². The van der Waals surface area contributed by atoms with Crippen LogP contribution < -0.4 is 5.32 Å². The van der Waals surface area contributed by atoms with Gasteiger partial charge in [-0.2, -0.15) is 0 Å². The number of aliphatic carboxylic acids is 1. The van der Waals surface area contributed by atoms with Crippen LogP contribution in [-0.2, 0) is 25.7 Å². The van der Waals surface area contributed by atoms with Gasteiger partial charge in [0.05, 0.1) is 11.8 Å². The molecular weight excluding hydrogens is 624 g/mol. The second-order valence-electron chi connectivity index (χ2n) is 19.5. The molecule has 5 aliphatic rings. The summed E-state index contributed by atoms with van der Waals surface area (Å²) in [4.78, 5) is 43.0. The number of ketones is 1. The zero-order valence-electron chi connectivity index (χ0n) is 32.4. The van der Waals surface area contributed by atoms with Gasteiger partial charge in [0, 0.05) is 36.2 Å². The molecule has 6 rings (SSSR count). The number of fused-ring (bicyclic) bond motifs is 7. The maximum atomic E-state index is 14.0. The predicted octanol–water partition coefficient (Wildman–Crippen LogP) is 8.95. The number of pyridine rings is 1. The van der Waals surface area contributed by atoms with Crippen LogP contribution in [0.3, 0.4) is 0 Å². The van der Waals surface area contributed by atoms with E-state index < -0.39 is 17.4 Å². The molecule has 2 N–H and O–H groups in total. The molecular formula is C43H64N2O5. The van der Waals surface area contributed by atoms with Crippen molar-refractivity contribution in [2.24, 2.45) is 56.2 Å². The highest BCUT2D eigenvalue weighted by Gasteiger charge is 2.70. The van der Waals surface area contributed by atoms with Gasteiger partial charge in [0.25, 0.3) is 0 Å². The van der Waals surface area contributed by atoms with E-state index in [2.05, 4.69) is 64.8 Å². The third-order valence-electron chi connectivity index (χ3n) is 15.8. The fourth-order valence-electron chi connectivity index (χ4n) is 12.9. The fourth-order valence-corrected chi connectivity index (χ4v) is 12.9. The maximum absolute atomic E-state index is 14.0. The smallest absolute Gasteiger partial charge is 0.309 e. The Bertz CT molecular complexity index is 1530. The van der Waals surface area contributed by atoms with Crippen molar-refractivity contribution in [1.82, 2.24) is 10.3 Å². The number of nitrogens with one attached hydrogen (secondary N) is 1. The average Bonchev–Trinajstić information content (AvgIpc) is 3.33. The number of carbonyl (C=O) groups is 3. The van der Waals surface area contributed by atoms with Crippen molar-refractivity contribution < 1.29 is 24.2 Å². The van der Waals surface area contributed by atoms with Crippen molar-refractivity contribution in [1.29, 1.82) is 0 Å². The maximum Gasteiger partial charge on any atom is 0.309 e. The number of carbonyl (C=O) groups excluding carboxylic acids is 2. The van der Waals surface area contributed by atoms with Crippen LogP contribution in [0.4, 0.5) is 0 Å². The Morgan fingerprint density at radius 1 is 1.00 bits per heavy atom. The van der Waals surface area contributed by atoms with Crippen LogP contribution in [0, 0.1) is 56.2 Å². The monoisotopic (exact) mass is 688 g/mol. The summed E-state index contributed by atoms with van der Waals surface area (Å²) in [6, 6.07) is 4.10. The Kier molecular flexibility index (Phi) is 9.56. The van der Waals surface area contributed by atoms with Gasteiger partial charge in [-0.15, -0.1) is 0 Å². The Balaban J connectivity index is 1.24. The first kappa shape index (κ1) is 37.2. The molecule has 0 bridgehead atoms. The number of hydrogen-bond acceptors (Lipinski definition) is 6. The Labute approximate surface area is 301 Å². The van der Waals surface area contributed by atoms with Crippen molar-refractivity contribution in [2.75, 3.05) is 6.54 Å². The molecule has 0 aromatic carbocycles. The summed E-state index contributed by atoms with van der Waals surface area (Å²) >= 11 is 0. The molecule has 8 atom stereocenters. The quantitative estimate of drug-likeness (QED) is 0.187. The van der Waals surface area contributed by atoms with E-state index in [1.54, 1.807) is 19.4 Å². The number of aromatic nitrogens is 1. The molecule has 0 spiro atoms. The molecule has 7 heteroatoms. The largest absolute Gasteiger partial charge is 0.481 e. The van der Waals surface area contributed by atoms with Crippen molar-refractivity contribution in [2.45, 2.75) is 146 Å². The lowest BCUT2D eigenvalue weighted by Gasteiger charge is -2.72. The van der Waals surface area contributed by atoms with Crippen LogP contribution in [0.15, 0.2) is 35.7 Å². The summed E-state index contributed by atoms with van der Waals surface area (Å²) in [5.41, 5.74) is 2.90. The lowest BCUT2D eigenvalue weighted by Crippen LogP contribution is -2.65. The Hall–Kier alpha value is -2.54. The van der Waals surface area contributed by atoms with E-state index in [1.165, 1.54) is 18.4 Å². The number of carboxylic acid groups (broad SMARTS) is 1. The minimum atomic E-state index is -1.14. The highest BCUT2D eigenvalue weighted by atomic mass is 16.5. The van der Waals surface area contributed by atoms with Gasteiger partial charge in [0.2, 0.25) is 0 Å². The van der Waals surface area contributed by atoms with E-state index in [0.717, 1.165) is 63.6 Å². The summed E-state index contributed by atoms with van der Waals surface area (Å²) in [5.74, 6) is 0.676. The Morgan fingerprint density at radius 2 is 1.74 bits per heavy atom. The SMILES string of the molecule is CC(C)C1=C2C3CCC4C5(C)CCC(OC(=O)CC(C)(C)C(=O)O)C(C)(C)C5CCC4(C)C3(C)CCC2(CCNCc2cccnc2)CC1=O. The highest BCUT2D eigenvalue weighted by Crippen LogP contribution is 2.77. The Morgan fingerprint density at radius 3 is 2.40 bits per heavy atom. The number of allylic oxidation sites excluding steroid dienone is 2. The first-order chi connectivity index (χ1) is 23.3. The van der Waals surface area contributed by atoms with Gasteiger partial charge in [-0.1, -0.05) is 60.1 Å². The summed E-state index contributed by atoms with van der Waals surface area (Å²) < 4.78 is 6.17. The van der Waals surface area contributed by atoms with Crippen molar-refractivity contribution in [3.05, 3.63) is 41.2 Å². The third-order valence-corrected chi connectivity index (χ3v) is 15.8. The lowest BCUT2D eigenvalue weighted by atomic mass is 9.33. The molecule has 1 aromatic rings. The van der Waals surface area contributed by atoms with Crippen LogP contribution in [0.5, 0.6) is 0 Å². The molecule has 276 valence electrons. The van der Waals surface area contributed by atoms with Crippen molar-refractivity contribution in [3.63, 3.8) is 0 Å². The standard InChI is InChI=1S/C43H64N2O5/c1-27(2)35-30(46)23-43(20-22-45-26-28-11-10-21-44-25-28)19-18-41(8)29(36(35)43)12-13-32-40(7)16-15-33(50-34(47)24-38(3,4)37(48)49)39(5,6)31(40)14-17-42(32,41)9/h10-11,21,25,27,29,31-33,45H,12-20,22-24,26H2,1-9H3,(H,48,49). The number of rotatable bonds is 10. The third kappa shape index (κ3) is 5.80. The van der Waals surface area contributed by atoms with E-state index in [9.17, 15) is 19.5 Å². The molecule has 5 aliphatic carbocycles. The van der Waals surface area contributed by atoms with Crippen LogP contribution >= 0.6 is 0 Å². The van der Waals surface area contributed by atoms with E-state index in [0.29, 0.717) is 30.0 Å². The van der Waals surface area contributed by atoms with Crippen LogP contribution in [0.1, 0.15) is 139 Å². The van der Waals surface area contributed by atoms with E-state index in [1.807, 2.05) is 18.5 Å². The number of carboxylic acids is 1. The minimum Gasteiger partial charge on any atom is -0.481 e. The molecule has 4 fully saturated rings. The summed E-state index contributed by atoms with van der Waals surface area (Å²) in [6.07, 6.45) is 13.8. The number of esters is 1. The van der Waals surface area contributed by atoms with Crippen molar-refractivity contribution >= 4 is 17.7 Å². The number of Topliss-reactive ketones (excluding diaryl/α,β-unsaturated/α-hetero) is 1. The van der Waals surface area contributed by atoms with Gasteiger partial charge in [0.15, 0.2) is 5.78 Å². The average molecular weight is 689 g/mol. The summed E-state index contributed by atoms with van der Waals surface area (Å²) in [7, 11) is 0. The van der Waals surface area contributed by atoms with Gasteiger partial charge in [-0.25, -0.2) is 0 Å². The summed E-state index contributed by atoms with van der Waals surface area (Å²) in [5, 5.41) is 13.3. The van der Waals surface area contributed by atoms with E-state index in [4.69, 9.17) is 4.74 Å². The van der Waals surface area contributed by atoms with E-state index >= 15 is 0 Å². The summed E-state index contributed by atoms with van der Waals surface area (Å²) in [6.45, 7) is 21.7. The van der Waals surface area contributed by atoms with E-state index in [-0.39, 0.29) is 45.5 Å². The molecule has 0 saturated heterocycles. The lowest BCUT2D eigenvalue weighted by molar-refractivity contribution is -0.233. The number of ether oxygens (including phenoxy) is 1. The molecule has 1 aromatic heterocycles. The first-order valence-corrected chi connectivity index (χ1v) is 19.6. The predicted molar refractivity (Wildman–Crippen MR) is 196 cm³/mol. The second-order valence-corrected chi connectivity index (χ2v) is 19.5. The zero-order chi connectivity index (χ0) is 36.5. The van der Waals surface area contributed by atoms with Gasteiger partial charge in [0.1, 0.15) is 6.10 Å². The molecule has 8 unspecified atom stereocenters. The molecule has 0 amide bonds. The molecule has 4 saturated carbocycles. The molecule has 7 nitrogen and oxygen atoms in total. The van der Waals surface area contributed by atoms with Crippen LogP contribution in [-0.4, -0.2) is 40.5 Å². The van der Waals surface area contributed by atoms with Gasteiger partial charge in [-0.05, 0) is 135 Å². The molecule has 0 radical (unpaired) electrons. The van der Waals surface area contributed by atoms with Gasteiger partial charge < -0.3 is 15.2 Å². The second kappa shape index (κ2) is 12.8. The molecule has 50 heavy (non-hydrogen) atoms. The number of hydrogen-bond donors (Lipinski definition) is 2. The minimum absolute atomic E-state index is 0.0355. The topological polar surface area (TPSA) is 106 Å². The molecule has 1 heterocycles. The van der Waals surface area contributed by atoms with Crippen LogP contribution in [0.25, 0.3) is 0 Å². The first-order valence-electron chi connectivity index (χ1n) is 19.6. The van der Waals surface area contributed by atoms with Gasteiger partial charge >= 0.3 is 11.9 Å². The zero-order valence-corrected chi connectivity index (χ0v) is 32.4. The fraction of sp³-hybridized carbons (Fsp3) is 0.767. The molecule has 0 aliphatic heterocycles.